The van der Waals surface area contributed by atoms with Gasteiger partial charge in [-0.15, -0.1) is 0 Å². The average Bonchev–Trinajstić information content (AvgIpc) is 2.15. The second-order valence-electron chi connectivity index (χ2n) is 2.12. The summed E-state index contributed by atoms with van der Waals surface area (Å²) in [7, 11) is 0. The number of nitrogens with zero attached hydrogens (tertiary/aromatic N) is 1. The summed E-state index contributed by atoms with van der Waals surface area (Å²) in [5, 5.41) is 6.84. The predicted molar refractivity (Wildman–Crippen MR) is 36.0 cm³/mol. The zero-order valence-electron chi connectivity index (χ0n) is 5.73. The standard InChI is InChI=1S/C6H11N3/c1-4-5(2)8-9-6(4)3-7/h3,7H2,1-2H3,(H,8,9). The molecule has 0 aliphatic rings. The van der Waals surface area contributed by atoms with Crippen molar-refractivity contribution < 1.29 is 0 Å². The van der Waals surface area contributed by atoms with Crippen molar-refractivity contribution in [3.8, 4) is 0 Å². The number of nitrogens with two attached hydrogens (primary N) is 1. The van der Waals surface area contributed by atoms with Gasteiger partial charge in [-0.1, -0.05) is 0 Å². The Morgan fingerprint density at radius 2 is 2.22 bits per heavy atom. The van der Waals surface area contributed by atoms with Gasteiger partial charge in [0.1, 0.15) is 0 Å². The Kier molecular flexibility index (Phi) is 1.53. The highest BCUT2D eigenvalue weighted by Gasteiger charge is 2.00. The van der Waals surface area contributed by atoms with E-state index in [1.807, 2.05) is 13.8 Å². The van der Waals surface area contributed by atoms with Crippen LogP contribution in [0, 0.1) is 13.8 Å². The fraction of sp³-hybridized carbons (Fsp3) is 0.500. The van der Waals surface area contributed by atoms with Crippen molar-refractivity contribution in [2.45, 2.75) is 20.4 Å². The summed E-state index contributed by atoms with van der Waals surface area (Å²) in [6.07, 6.45) is 0. The van der Waals surface area contributed by atoms with E-state index in [4.69, 9.17) is 5.73 Å². The third-order valence-corrected chi connectivity index (χ3v) is 1.55. The molecule has 3 N–H and O–H groups in total. The lowest BCUT2D eigenvalue weighted by Gasteiger charge is -1.88. The molecule has 50 valence electrons. The van der Waals surface area contributed by atoms with Gasteiger partial charge in [0.05, 0.1) is 5.69 Å². The molecule has 0 fully saturated rings. The van der Waals surface area contributed by atoms with Gasteiger partial charge < -0.3 is 5.73 Å². The number of nitrogens with one attached hydrogen (secondary N) is 1. The minimum absolute atomic E-state index is 0.524. The molecule has 0 spiro atoms. The third kappa shape index (κ3) is 0.954. The van der Waals surface area contributed by atoms with Crippen LogP contribution in [-0.2, 0) is 6.54 Å². The molecule has 0 saturated carbocycles. The largest absolute Gasteiger partial charge is 0.325 e. The number of aromatic amines is 1. The number of rotatable bonds is 1. The van der Waals surface area contributed by atoms with E-state index in [-0.39, 0.29) is 0 Å². The van der Waals surface area contributed by atoms with Crippen molar-refractivity contribution in [1.29, 1.82) is 0 Å². The summed E-state index contributed by atoms with van der Waals surface area (Å²) in [6, 6.07) is 0. The lowest BCUT2D eigenvalue weighted by atomic mass is 10.2. The van der Waals surface area contributed by atoms with E-state index in [9.17, 15) is 0 Å². The van der Waals surface area contributed by atoms with Gasteiger partial charge in [-0.2, -0.15) is 5.10 Å². The number of H-pyrrole nitrogens is 1. The van der Waals surface area contributed by atoms with E-state index in [1.165, 1.54) is 5.56 Å². The molecule has 0 saturated heterocycles. The lowest BCUT2D eigenvalue weighted by Crippen LogP contribution is -1.98. The Morgan fingerprint density at radius 3 is 2.44 bits per heavy atom. The Morgan fingerprint density at radius 1 is 1.56 bits per heavy atom. The zero-order valence-corrected chi connectivity index (χ0v) is 5.73. The molecule has 0 radical (unpaired) electrons. The minimum atomic E-state index is 0.524. The summed E-state index contributed by atoms with van der Waals surface area (Å²) in [6.45, 7) is 4.53. The third-order valence-electron chi connectivity index (χ3n) is 1.55. The molecular weight excluding hydrogens is 114 g/mol. The van der Waals surface area contributed by atoms with E-state index >= 15 is 0 Å². The highest BCUT2D eigenvalue weighted by Crippen LogP contribution is 2.05. The Hall–Kier alpha value is -0.830. The highest BCUT2D eigenvalue weighted by molar-refractivity contribution is 5.21. The maximum atomic E-state index is 5.38. The molecular formula is C6H11N3. The van der Waals surface area contributed by atoms with E-state index in [1.54, 1.807) is 0 Å². The van der Waals surface area contributed by atoms with Crippen LogP contribution in [0.15, 0.2) is 0 Å². The lowest BCUT2D eigenvalue weighted by molar-refractivity contribution is 0.935. The molecule has 1 aromatic heterocycles. The second-order valence-corrected chi connectivity index (χ2v) is 2.12. The normalized spacial score (nSPS) is 10.1. The van der Waals surface area contributed by atoms with Crippen molar-refractivity contribution in [1.82, 2.24) is 10.2 Å². The van der Waals surface area contributed by atoms with E-state index in [0.717, 1.165) is 11.4 Å². The van der Waals surface area contributed by atoms with Gasteiger partial charge in [0.2, 0.25) is 0 Å². The summed E-state index contributed by atoms with van der Waals surface area (Å²) >= 11 is 0. The quantitative estimate of drug-likeness (QED) is 0.573. The first kappa shape index (κ1) is 6.29. The van der Waals surface area contributed by atoms with E-state index in [2.05, 4.69) is 10.2 Å². The molecule has 9 heavy (non-hydrogen) atoms. The van der Waals surface area contributed by atoms with Gasteiger partial charge in [0.25, 0.3) is 0 Å². The van der Waals surface area contributed by atoms with Gasteiger partial charge in [-0.25, -0.2) is 0 Å². The van der Waals surface area contributed by atoms with E-state index in [0.29, 0.717) is 6.54 Å². The Bertz CT molecular complexity index is 202. The fourth-order valence-electron chi connectivity index (χ4n) is 0.734. The first-order valence-corrected chi connectivity index (χ1v) is 2.96. The van der Waals surface area contributed by atoms with Crippen molar-refractivity contribution in [2.75, 3.05) is 0 Å². The average molecular weight is 125 g/mol. The Labute approximate surface area is 54.3 Å². The highest BCUT2D eigenvalue weighted by atomic mass is 15.1. The molecule has 3 heteroatoms. The zero-order chi connectivity index (χ0) is 6.85. The number of aromatic nitrogens is 2. The van der Waals surface area contributed by atoms with Crippen molar-refractivity contribution >= 4 is 0 Å². The SMILES string of the molecule is Cc1[nH]nc(CN)c1C. The van der Waals surface area contributed by atoms with Crippen LogP contribution in [0.5, 0.6) is 0 Å². The predicted octanol–water partition coefficient (Wildman–Crippen LogP) is 0.485. The van der Waals surface area contributed by atoms with Crippen LogP contribution in [0.3, 0.4) is 0 Å². The van der Waals surface area contributed by atoms with Crippen molar-refractivity contribution in [2.24, 2.45) is 5.73 Å². The minimum Gasteiger partial charge on any atom is -0.325 e. The van der Waals surface area contributed by atoms with Crippen LogP contribution in [-0.4, -0.2) is 10.2 Å². The summed E-state index contributed by atoms with van der Waals surface area (Å²) in [4.78, 5) is 0. The monoisotopic (exact) mass is 125 g/mol. The van der Waals surface area contributed by atoms with Gasteiger partial charge >= 0.3 is 0 Å². The molecule has 0 atom stereocenters. The van der Waals surface area contributed by atoms with Crippen LogP contribution in [0.4, 0.5) is 0 Å². The van der Waals surface area contributed by atoms with Gasteiger partial charge in [-0.3, -0.25) is 5.10 Å². The van der Waals surface area contributed by atoms with Crippen LogP contribution in [0.1, 0.15) is 17.0 Å². The fourth-order valence-corrected chi connectivity index (χ4v) is 0.734. The first-order chi connectivity index (χ1) is 4.25. The molecule has 0 unspecified atom stereocenters. The molecule has 0 amide bonds. The molecule has 0 aliphatic carbocycles. The molecule has 1 aromatic rings. The molecule has 1 rings (SSSR count). The van der Waals surface area contributed by atoms with Crippen molar-refractivity contribution in [3.05, 3.63) is 17.0 Å². The van der Waals surface area contributed by atoms with Gasteiger partial charge in [-0.05, 0) is 19.4 Å². The van der Waals surface area contributed by atoms with Crippen LogP contribution < -0.4 is 5.73 Å². The molecule has 3 nitrogen and oxygen atoms in total. The van der Waals surface area contributed by atoms with Crippen LogP contribution >= 0.6 is 0 Å². The number of hydrogen-bond donors (Lipinski definition) is 2. The Balaban J connectivity index is 3.04. The van der Waals surface area contributed by atoms with Crippen LogP contribution in [0.25, 0.3) is 0 Å². The van der Waals surface area contributed by atoms with Gasteiger partial charge in [0.15, 0.2) is 0 Å². The number of hydrogen-bond acceptors (Lipinski definition) is 2. The summed E-state index contributed by atoms with van der Waals surface area (Å²) in [5.74, 6) is 0. The molecule has 1 heterocycles. The van der Waals surface area contributed by atoms with E-state index < -0.39 is 0 Å². The second kappa shape index (κ2) is 2.19. The maximum Gasteiger partial charge on any atom is 0.0789 e. The molecule has 0 aromatic carbocycles. The smallest absolute Gasteiger partial charge is 0.0789 e. The summed E-state index contributed by atoms with van der Waals surface area (Å²) < 4.78 is 0. The maximum absolute atomic E-state index is 5.38. The summed E-state index contributed by atoms with van der Waals surface area (Å²) in [5.41, 5.74) is 8.63. The molecule has 0 bridgehead atoms. The number of aryl methyl sites for hydroxylation is 1. The first-order valence-electron chi connectivity index (χ1n) is 2.96. The van der Waals surface area contributed by atoms with Gasteiger partial charge in [0, 0.05) is 12.2 Å². The topological polar surface area (TPSA) is 54.7 Å². The van der Waals surface area contributed by atoms with Crippen LogP contribution in [0.2, 0.25) is 0 Å². The van der Waals surface area contributed by atoms with Crippen molar-refractivity contribution in [3.63, 3.8) is 0 Å². The molecule has 0 aliphatic heterocycles.